The van der Waals surface area contributed by atoms with E-state index in [0.29, 0.717) is 6.61 Å². The summed E-state index contributed by atoms with van der Waals surface area (Å²) >= 11 is 0. The summed E-state index contributed by atoms with van der Waals surface area (Å²) < 4.78 is 5.74. The monoisotopic (exact) mass is 254 g/mol. The van der Waals surface area contributed by atoms with Gasteiger partial charge in [-0.1, -0.05) is 24.3 Å². The second kappa shape index (κ2) is 5.22. The number of rotatable bonds is 4. The van der Waals surface area contributed by atoms with Gasteiger partial charge < -0.3 is 15.4 Å². The van der Waals surface area contributed by atoms with E-state index in [4.69, 9.17) is 10.5 Å². The van der Waals surface area contributed by atoms with Gasteiger partial charge in [0.25, 0.3) is 0 Å². The maximum atomic E-state index is 5.74. The summed E-state index contributed by atoms with van der Waals surface area (Å²) in [4.78, 5) is 2.38. The van der Waals surface area contributed by atoms with E-state index >= 15 is 0 Å². The van der Waals surface area contributed by atoms with E-state index in [1.165, 1.54) is 11.3 Å². The Morgan fingerprint density at radius 2 is 2.00 bits per heavy atom. The van der Waals surface area contributed by atoms with Crippen molar-refractivity contribution in [3.05, 3.63) is 54.1 Å². The standard InChI is InChI=1S/C16H18N2O/c17-14-5-3-6-15(12-14)19-11-10-18-9-8-13-4-1-2-7-16(13)18/h1-7,12H,8-11,17H2. The molecule has 1 aliphatic heterocycles. The maximum absolute atomic E-state index is 5.74. The van der Waals surface area contributed by atoms with Crippen LogP contribution in [0.3, 0.4) is 0 Å². The van der Waals surface area contributed by atoms with E-state index in [1.807, 2.05) is 24.3 Å². The van der Waals surface area contributed by atoms with Gasteiger partial charge in [-0.2, -0.15) is 0 Å². The molecule has 0 unspecified atom stereocenters. The van der Waals surface area contributed by atoms with E-state index in [9.17, 15) is 0 Å². The molecule has 1 aliphatic rings. The minimum absolute atomic E-state index is 0.678. The Kier molecular flexibility index (Phi) is 3.27. The van der Waals surface area contributed by atoms with Gasteiger partial charge >= 0.3 is 0 Å². The van der Waals surface area contributed by atoms with E-state index in [1.54, 1.807) is 0 Å². The number of benzene rings is 2. The molecule has 0 atom stereocenters. The topological polar surface area (TPSA) is 38.5 Å². The molecule has 2 aromatic rings. The highest BCUT2D eigenvalue weighted by molar-refractivity contribution is 5.57. The lowest BCUT2D eigenvalue weighted by atomic mass is 10.2. The second-order valence-corrected chi connectivity index (χ2v) is 4.79. The fourth-order valence-corrected chi connectivity index (χ4v) is 2.52. The molecular weight excluding hydrogens is 236 g/mol. The Morgan fingerprint density at radius 3 is 2.89 bits per heavy atom. The maximum Gasteiger partial charge on any atom is 0.121 e. The molecule has 0 aliphatic carbocycles. The molecule has 2 N–H and O–H groups in total. The zero-order valence-electron chi connectivity index (χ0n) is 10.9. The molecule has 2 aromatic carbocycles. The minimum atomic E-state index is 0.678. The highest BCUT2D eigenvalue weighted by Gasteiger charge is 2.17. The van der Waals surface area contributed by atoms with Crippen LogP contribution < -0.4 is 15.4 Å². The fraction of sp³-hybridized carbons (Fsp3) is 0.250. The summed E-state index contributed by atoms with van der Waals surface area (Å²) in [6.45, 7) is 2.67. The van der Waals surface area contributed by atoms with Gasteiger partial charge in [0.1, 0.15) is 12.4 Å². The summed E-state index contributed by atoms with van der Waals surface area (Å²) in [6.07, 6.45) is 1.13. The van der Waals surface area contributed by atoms with E-state index in [2.05, 4.69) is 29.2 Å². The molecular formula is C16H18N2O. The van der Waals surface area contributed by atoms with E-state index < -0.39 is 0 Å². The van der Waals surface area contributed by atoms with Crippen LogP contribution in [0.2, 0.25) is 0 Å². The number of nitrogens with two attached hydrogens (primary N) is 1. The van der Waals surface area contributed by atoms with Crippen molar-refractivity contribution < 1.29 is 4.74 Å². The number of fused-ring (bicyclic) bond motifs is 1. The Balaban J connectivity index is 1.57. The average Bonchev–Trinajstić information content (AvgIpc) is 2.83. The van der Waals surface area contributed by atoms with Crippen LogP contribution in [0.25, 0.3) is 0 Å². The number of para-hydroxylation sites is 1. The third-order valence-corrected chi connectivity index (χ3v) is 3.47. The van der Waals surface area contributed by atoms with Crippen LogP contribution in [-0.4, -0.2) is 19.7 Å². The molecule has 1 heterocycles. The second-order valence-electron chi connectivity index (χ2n) is 4.79. The van der Waals surface area contributed by atoms with Gasteiger partial charge in [-0.05, 0) is 30.2 Å². The average molecular weight is 254 g/mol. The van der Waals surface area contributed by atoms with Crippen LogP contribution in [-0.2, 0) is 6.42 Å². The van der Waals surface area contributed by atoms with Crippen molar-refractivity contribution in [1.29, 1.82) is 0 Å². The smallest absolute Gasteiger partial charge is 0.121 e. The first-order valence-electron chi connectivity index (χ1n) is 6.64. The third kappa shape index (κ3) is 2.65. The number of anilines is 2. The van der Waals surface area contributed by atoms with Crippen LogP contribution in [0.1, 0.15) is 5.56 Å². The highest BCUT2D eigenvalue weighted by atomic mass is 16.5. The number of nitrogens with zero attached hydrogens (tertiary/aromatic N) is 1. The fourth-order valence-electron chi connectivity index (χ4n) is 2.52. The lowest BCUT2D eigenvalue weighted by molar-refractivity contribution is 0.325. The van der Waals surface area contributed by atoms with Crippen molar-refractivity contribution in [2.75, 3.05) is 30.3 Å². The zero-order chi connectivity index (χ0) is 13.1. The molecule has 3 rings (SSSR count). The molecule has 3 heteroatoms. The van der Waals surface area contributed by atoms with Crippen molar-refractivity contribution in [2.24, 2.45) is 0 Å². The van der Waals surface area contributed by atoms with Gasteiger partial charge in [0.15, 0.2) is 0 Å². The van der Waals surface area contributed by atoms with E-state index in [0.717, 1.165) is 30.9 Å². The van der Waals surface area contributed by atoms with Gasteiger partial charge in [-0.25, -0.2) is 0 Å². The Hall–Kier alpha value is -2.16. The van der Waals surface area contributed by atoms with Gasteiger partial charge in [0.05, 0.1) is 6.54 Å². The predicted octanol–water partition coefficient (Wildman–Crippen LogP) is 2.71. The number of hydrogen-bond donors (Lipinski definition) is 1. The van der Waals surface area contributed by atoms with E-state index in [-0.39, 0.29) is 0 Å². The minimum Gasteiger partial charge on any atom is -0.492 e. The molecule has 0 fully saturated rings. The first-order valence-corrected chi connectivity index (χ1v) is 6.64. The summed E-state index contributed by atoms with van der Waals surface area (Å²) in [5.74, 6) is 0.840. The van der Waals surface area contributed by atoms with Crippen molar-refractivity contribution in [2.45, 2.75) is 6.42 Å². The number of nitrogen functional groups attached to an aromatic ring is 1. The summed E-state index contributed by atoms with van der Waals surface area (Å²) in [7, 11) is 0. The van der Waals surface area contributed by atoms with Gasteiger partial charge in [-0.15, -0.1) is 0 Å². The van der Waals surface area contributed by atoms with Gasteiger partial charge in [-0.3, -0.25) is 0 Å². The van der Waals surface area contributed by atoms with Crippen molar-refractivity contribution >= 4 is 11.4 Å². The Labute approximate surface area is 113 Å². The summed E-state index contributed by atoms with van der Waals surface area (Å²) in [5, 5.41) is 0. The SMILES string of the molecule is Nc1cccc(OCCN2CCc3ccccc32)c1. The molecule has 0 radical (unpaired) electrons. The largest absolute Gasteiger partial charge is 0.492 e. The van der Waals surface area contributed by atoms with Crippen molar-refractivity contribution in [3.8, 4) is 5.75 Å². The lowest BCUT2D eigenvalue weighted by Gasteiger charge is -2.19. The van der Waals surface area contributed by atoms with Crippen LogP contribution in [0.5, 0.6) is 5.75 Å². The molecule has 0 amide bonds. The highest BCUT2D eigenvalue weighted by Crippen LogP contribution is 2.26. The molecule has 0 aromatic heterocycles. The molecule has 19 heavy (non-hydrogen) atoms. The lowest BCUT2D eigenvalue weighted by Crippen LogP contribution is -2.26. The first kappa shape index (κ1) is 11.9. The molecule has 0 spiro atoms. The predicted molar refractivity (Wildman–Crippen MR) is 78.7 cm³/mol. The van der Waals surface area contributed by atoms with Crippen molar-refractivity contribution in [1.82, 2.24) is 0 Å². The molecule has 0 saturated heterocycles. The molecule has 98 valence electrons. The number of hydrogen-bond acceptors (Lipinski definition) is 3. The zero-order valence-corrected chi connectivity index (χ0v) is 10.9. The summed E-state index contributed by atoms with van der Waals surface area (Å²) in [6, 6.07) is 16.2. The Morgan fingerprint density at radius 1 is 1.11 bits per heavy atom. The third-order valence-electron chi connectivity index (χ3n) is 3.47. The number of ether oxygens (including phenoxy) is 1. The quantitative estimate of drug-likeness (QED) is 0.853. The van der Waals surface area contributed by atoms with Crippen LogP contribution in [0.4, 0.5) is 11.4 Å². The molecule has 0 saturated carbocycles. The summed E-state index contributed by atoms with van der Waals surface area (Å²) in [5.41, 5.74) is 9.25. The first-order chi connectivity index (χ1) is 9.33. The van der Waals surface area contributed by atoms with Crippen molar-refractivity contribution in [3.63, 3.8) is 0 Å². The molecule has 3 nitrogen and oxygen atoms in total. The van der Waals surface area contributed by atoms with Gasteiger partial charge in [0.2, 0.25) is 0 Å². The Bertz CT molecular complexity index is 568. The normalized spacial score (nSPS) is 13.4. The van der Waals surface area contributed by atoms with Crippen LogP contribution >= 0.6 is 0 Å². The molecule has 0 bridgehead atoms. The van der Waals surface area contributed by atoms with Crippen LogP contribution in [0.15, 0.2) is 48.5 Å². The van der Waals surface area contributed by atoms with Gasteiger partial charge in [0, 0.05) is 24.0 Å². The van der Waals surface area contributed by atoms with Crippen LogP contribution in [0, 0.1) is 0 Å².